The van der Waals surface area contributed by atoms with Crippen LogP contribution in [0.1, 0.15) is 37.4 Å². The Morgan fingerprint density at radius 2 is 1.89 bits per heavy atom. The SMILES string of the molecule is CCN(CC)C[C@@H](NC(=O)C(O)c1cc2cc(Cl)ccc2o1)[C@H](O)c1cc(F)c2c(c1)OCCO2. The van der Waals surface area contributed by atoms with Crippen LogP contribution in [0, 0.1) is 5.82 Å². The lowest BCUT2D eigenvalue weighted by Gasteiger charge is -2.31. The Balaban J connectivity index is 1.58. The summed E-state index contributed by atoms with van der Waals surface area (Å²) in [5.41, 5.74) is 0.694. The molecule has 35 heavy (non-hydrogen) atoms. The molecule has 188 valence electrons. The minimum absolute atomic E-state index is 0.00283. The Morgan fingerprint density at radius 3 is 2.63 bits per heavy atom. The first-order chi connectivity index (χ1) is 16.8. The number of nitrogens with zero attached hydrogens (tertiary/aromatic N) is 1. The zero-order chi connectivity index (χ0) is 25.1. The zero-order valence-corrected chi connectivity index (χ0v) is 20.2. The number of furan rings is 1. The van der Waals surface area contributed by atoms with Gasteiger partial charge in [0, 0.05) is 17.0 Å². The Bertz CT molecular complexity index is 1200. The van der Waals surface area contributed by atoms with Crippen molar-refractivity contribution in [2.24, 2.45) is 0 Å². The summed E-state index contributed by atoms with van der Waals surface area (Å²) in [7, 11) is 0. The fraction of sp³-hybridized carbons (Fsp3) is 0.400. The molecule has 3 N–H and O–H groups in total. The number of amides is 1. The highest BCUT2D eigenvalue weighted by Gasteiger charge is 2.31. The molecule has 10 heteroatoms. The third-order valence-electron chi connectivity index (χ3n) is 6.03. The number of nitrogens with one attached hydrogen (secondary N) is 1. The van der Waals surface area contributed by atoms with Gasteiger partial charge in [0.15, 0.2) is 23.4 Å². The van der Waals surface area contributed by atoms with Gasteiger partial charge in [-0.05, 0) is 55.1 Å². The number of hydrogen-bond acceptors (Lipinski definition) is 7. The van der Waals surface area contributed by atoms with Gasteiger partial charge in [-0.3, -0.25) is 4.79 Å². The number of ether oxygens (including phenoxy) is 2. The van der Waals surface area contributed by atoms with Crippen LogP contribution in [0.25, 0.3) is 11.0 Å². The summed E-state index contributed by atoms with van der Waals surface area (Å²) in [6, 6.07) is 8.30. The first kappa shape index (κ1) is 25.2. The first-order valence-electron chi connectivity index (χ1n) is 11.5. The van der Waals surface area contributed by atoms with E-state index in [1.165, 1.54) is 18.2 Å². The predicted molar refractivity (Wildman–Crippen MR) is 128 cm³/mol. The van der Waals surface area contributed by atoms with Crippen molar-refractivity contribution in [3.63, 3.8) is 0 Å². The van der Waals surface area contributed by atoms with Crippen LogP contribution in [0.4, 0.5) is 4.39 Å². The normalized spacial score (nSPS) is 15.7. The number of benzene rings is 2. The summed E-state index contributed by atoms with van der Waals surface area (Å²) in [6.45, 7) is 5.99. The number of likely N-dealkylation sites (N-methyl/N-ethyl adjacent to an activating group) is 1. The molecule has 0 saturated heterocycles. The number of carbonyl (C=O) groups is 1. The van der Waals surface area contributed by atoms with Crippen LogP contribution in [0.2, 0.25) is 5.02 Å². The van der Waals surface area contributed by atoms with Crippen molar-refractivity contribution in [3.05, 3.63) is 58.6 Å². The highest BCUT2D eigenvalue weighted by molar-refractivity contribution is 6.31. The molecule has 1 aliphatic heterocycles. The fourth-order valence-corrected chi connectivity index (χ4v) is 4.26. The van der Waals surface area contributed by atoms with E-state index in [0.29, 0.717) is 29.1 Å². The number of fused-ring (bicyclic) bond motifs is 2. The van der Waals surface area contributed by atoms with Gasteiger partial charge in [0.25, 0.3) is 5.91 Å². The van der Waals surface area contributed by atoms with Crippen molar-refractivity contribution in [2.75, 3.05) is 32.8 Å². The number of rotatable bonds is 9. The lowest BCUT2D eigenvalue weighted by atomic mass is 10.00. The topological polar surface area (TPSA) is 104 Å². The standard InChI is InChI=1S/C25H28ClFN2O6/c1-3-29(4-2)13-18(22(30)15-10-17(27)24-21(12-15)33-7-8-34-24)28-25(32)23(31)20-11-14-9-16(26)5-6-19(14)35-20/h5-6,9-12,18,22-23,30-31H,3-4,7-8,13H2,1-2H3,(H,28,32)/t18-,22-,23?/m1/s1. The quantitative estimate of drug-likeness (QED) is 0.407. The fourth-order valence-electron chi connectivity index (χ4n) is 4.08. The van der Waals surface area contributed by atoms with Gasteiger partial charge in [-0.15, -0.1) is 0 Å². The zero-order valence-electron chi connectivity index (χ0n) is 19.5. The molecule has 1 aliphatic rings. The van der Waals surface area contributed by atoms with Crippen LogP contribution in [0.3, 0.4) is 0 Å². The van der Waals surface area contributed by atoms with E-state index in [0.717, 1.165) is 0 Å². The van der Waals surface area contributed by atoms with Crippen molar-refractivity contribution in [1.29, 1.82) is 0 Å². The van der Waals surface area contributed by atoms with Crippen LogP contribution in [-0.4, -0.2) is 59.9 Å². The van der Waals surface area contributed by atoms with Gasteiger partial charge in [-0.2, -0.15) is 0 Å². The summed E-state index contributed by atoms with van der Waals surface area (Å²) in [4.78, 5) is 15.0. The molecule has 2 aromatic carbocycles. The van der Waals surface area contributed by atoms with Crippen molar-refractivity contribution < 1.29 is 33.3 Å². The van der Waals surface area contributed by atoms with Crippen LogP contribution in [-0.2, 0) is 4.79 Å². The highest BCUT2D eigenvalue weighted by atomic mass is 35.5. The molecule has 0 spiro atoms. The van der Waals surface area contributed by atoms with E-state index in [9.17, 15) is 19.4 Å². The maximum Gasteiger partial charge on any atom is 0.257 e. The molecule has 0 aliphatic carbocycles. The molecular weight excluding hydrogens is 479 g/mol. The minimum Gasteiger partial charge on any atom is -0.486 e. The van der Waals surface area contributed by atoms with E-state index in [2.05, 4.69) is 5.32 Å². The smallest absolute Gasteiger partial charge is 0.257 e. The van der Waals surface area contributed by atoms with Crippen LogP contribution >= 0.6 is 11.6 Å². The van der Waals surface area contributed by atoms with Gasteiger partial charge in [-0.1, -0.05) is 25.4 Å². The van der Waals surface area contributed by atoms with E-state index >= 15 is 0 Å². The molecule has 0 fully saturated rings. The lowest BCUT2D eigenvalue weighted by molar-refractivity contribution is -0.132. The third kappa shape index (κ3) is 5.54. The molecule has 8 nitrogen and oxygen atoms in total. The molecular formula is C25H28ClFN2O6. The first-order valence-corrected chi connectivity index (χ1v) is 11.8. The van der Waals surface area contributed by atoms with Crippen LogP contribution < -0.4 is 14.8 Å². The second kappa shape index (κ2) is 10.8. The average Bonchev–Trinajstić information content (AvgIpc) is 3.28. The van der Waals surface area contributed by atoms with Gasteiger partial charge >= 0.3 is 0 Å². The van der Waals surface area contributed by atoms with Gasteiger partial charge in [0.1, 0.15) is 30.7 Å². The number of hydrogen-bond donors (Lipinski definition) is 3. The van der Waals surface area contributed by atoms with E-state index in [4.69, 9.17) is 25.5 Å². The summed E-state index contributed by atoms with van der Waals surface area (Å²) in [5, 5.41) is 25.7. The lowest BCUT2D eigenvalue weighted by Crippen LogP contribution is -2.48. The predicted octanol–water partition coefficient (Wildman–Crippen LogP) is 3.59. The van der Waals surface area contributed by atoms with Crippen LogP contribution in [0.15, 0.2) is 40.8 Å². The molecule has 1 amide bonds. The van der Waals surface area contributed by atoms with Gasteiger partial charge in [-0.25, -0.2) is 4.39 Å². The summed E-state index contributed by atoms with van der Waals surface area (Å²) < 4.78 is 31.0. The third-order valence-corrected chi connectivity index (χ3v) is 6.27. The maximum atomic E-state index is 14.6. The number of aliphatic hydroxyl groups is 2. The number of aliphatic hydroxyl groups excluding tert-OH is 2. The molecule has 3 atom stereocenters. The second-order valence-electron chi connectivity index (χ2n) is 8.31. The van der Waals surface area contributed by atoms with Crippen molar-refractivity contribution in [3.8, 4) is 11.5 Å². The van der Waals surface area contributed by atoms with E-state index in [1.807, 2.05) is 18.7 Å². The summed E-state index contributed by atoms with van der Waals surface area (Å²) in [5.74, 6) is -1.19. The molecule has 0 bridgehead atoms. The number of halogens is 2. The van der Waals surface area contributed by atoms with Gasteiger partial charge < -0.3 is 34.3 Å². The van der Waals surface area contributed by atoms with E-state index in [1.54, 1.807) is 18.2 Å². The Morgan fingerprint density at radius 1 is 1.14 bits per heavy atom. The van der Waals surface area contributed by atoms with E-state index in [-0.39, 0.29) is 42.6 Å². The van der Waals surface area contributed by atoms with Gasteiger partial charge in [0.05, 0.1) is 6.04 Å². The summed E-state index contributed by atoms with van der Waals surface area (Å²) in [6.07, 6.45) is -2.91. The molecule has 0 radical (unpaired) electrons. The maximum absolute atomic E-state index is 14.6. The minimum atomic E-state index is -1.62. The Hall–Kier alpha value is -2.85. The summed E-state index contributed by atoms with van der Waals surface area (Å²) >= 11 is 6.00. The Kier molecular flexibility index (Phi) is 7.81. The van der Waals surface area contributed by atoms with Crippen LogP contribution in [0.5, 0.6) is 11.5 Å². The highest BCUT2D eigenvalue weighted by Crippen LogP contribution is 2.36. The molecule has 2 heterocycles. The van der Waals surface area contributed by atoms with Crippen molar-refractivity contribution in [1.82, 2.24) is 10.2 Å². The molecule has 1 unspecified atom stereocenters. The van der Waals surface area contributed by atoms with E-state index < -0.39 is 30.0 Å². The van der Waals surface area contributed by atoms with Crippen molar-refractivity contribution >= 4 is 28.5 Å². The average molecular weight is 507 g/mol. The molecule has 1 aromatic heterocycles. The van der Waals surface area contributed by atoms with Crippen molar-refractivity contribution in [2.45, 2.75) is 32.1 Å². The monoisotopic (exact) mass is 506 g/mol. The second-order valence-corrected chi connectivity index (χ2v) is 8.74. The molecule has 3 aromatic rings. The molecule has 0 saturated carbocycles. The largest absolute Gasteiger partial charge is 0.486 e. The number of carbonyl (C=O) groups excluding carboxylic acids is 1. The Labute approximate surface area is 207 Å². The molecule has 4 rings (SSSR count). The van der Waals surface area contributed by atoms with Gasteiger partial charge in [0.2, 0.25) is 0 Å².